The van der Waals surface area contributed by atoms with Gasteiger partial charge >= 0.3 is 0 Å². The van der Waals surface area contributed by atoms with Crippen molar-refractivity contribution in [2.24, 2.45) is 5.73 Å². The van der Waals surface area contributed by atoms with Crippen LogP contribution in [0.15, 0.2) is 60.8 Å². The highest BCUT2D eigenvalue weighted by atomic mass is 15.1. The van der Waals surface area contributed by atoms with Crippen LogP contribution in [-0.4, -0.2) is 43.6 Å². The van der Waals surface area contributed by atoms with Crippen LogP contribution in [0.2, 0.25) is 0 Å². The molecule has 1 aliphatic heterocycles. The molecule has 1 fully saturated rings. The highest BCUT2D eigenvalue weighted by Crippen LogP contribution is 2.31. The third-order valence-corrected chi connectivity index (χ3v) is 7.01. The average molecular weight is 482 g/mol. The van der Waals surface area contributed by atoms with Gasteiger partial charge in [-0.2, -0.15) is 0 Å². The molecular weight excluding hydrogens is 446 g/mol. The Morgan fingerprint density at radius 3 is 2.53 bits per heavy atom. The van der Waals surface area contributed by atoms with Gasteiger partial charge in [-0.15, -0.1) is 0 Å². The smallest absolute Gasteiger partial charge is 0.165 e. The molecule has 4 N–H and O–H groups in total. The third-order valence-electron chi connectivity index (χ3n) is 7.01. The molecule has 0 amide bonds. The fourth-order valence-electron chi connectivity index (χ4n) is 4.98. The number of hydrogen-bond acceptors (Lipinski definition) is 6. The summed E-state index contributed by atoms with van der Waals surface area (Å²) in [6.45, 7) is 7.30. The van der Waals surface area contributed by atoms with Crippen molar-refractivity contribution >= 4 is 22.6 Å². The van der Waals surface area contributed by atoms with Crippen molar-refractivity contribution in [3.05, 3.63) is 72.1 Å². The maximum Gasteiger partial charge on any atom is 0.165 e. The van der Waals surface area contributed by atoms with Gasteiger partial charge in [0.2, 0.25) is 0 Å². The number of fused-ring (bicyclic) bond motifs is 1. The molecule has 7 nitrogen and oxygen atoms in total. The monoisotopic (exact) mass is 481 g/mol. The van der Waals surface area contributed by atoms with Gasteiger partial charge in [0.1, 0.15) is 11.3 Å². The number of aromatic nitrogens is 4. The molecule has 7 heteroatoms. The second kappa shape index (κ2) is 10.6. The van der Waals surface area contributed by atoms with E-state index in [9.17, 15) is 0 Å². The number of nitrogen functional groups attached to an aromatic ring is 1. The average Bonchev–Trinajstić information content (AvgIpc) is 3.28. The summed E-state index contributed by atoms with van der Waals surface area (Å²) >= 11 is 0. The van der Waals surface area contributed by atoms with Gasteiger partial charge in [-0.1, -0.05) is 31.6 Å². The predicted molar refractivity (Wildman–Crippen MR) is 148 cm³/mol. The van der Waals surface area contributed by atoms with E-state index in [-0.39, 0.29) is 0 Å². The minimum absolute atomic E-state index is 0.342. The van der Waals surface area contributed by atoms with Crippen LogP contribution in [0.1, 0.15) is 50.8 Å². The summed E-state index contributed by atoms with van der Waals surface area (Å²) in [5.41, 5.74) is 19.3. The molecule has 186 valence electrons. The molecule has 1 aromatic carbocycles. The Labute approximate surface area is 212 Å². The van der Waals surface area contributed by atoms with E-state index in [0.29, 0.717) is 11.9 Å². The first-order valence-electron chi connectivity index (χ1n) is 12.9. The Morgan fingerprint density at radius 2 is 1.83 bits per heavy atom. The number of piperidine rings is 1. The largest absolute Gasteiger partial charge is 0.383 e. The van der Waals surface area contributed by atoms with Gasteiger partial charge in [-0.05, 0) is 86.8 Å². The zero-order valence-corrected chi connectivity index (χ0v) is 21.2. The first kappa shape index (κ1) is 24.2. The SMILES string of the molecule is C/C=C(\CCC)c1ccc2nc(-c3cccnc3N)n(-c3ccc(CN4CCC(N)CC4)cc3)c2n1. The molecule has 0 atom stereocenters. The molecule has 0 aliphatic carbocycles. The lowest BCUT2D eigenvalue weighted by Gasteiger charge is -2.30. The van der Waals surface area contributed by atoms with Gasteiger partial charge < -0.3 is 11.5 Å². The number of anilines is 1. The van der Waals surface area contributed by atoms with Crippen molar-refractivity contribution < 1.29 is 0 Å². The second-order valence-corrected chi connectivity index (χ2v) is 9.59. The van der Waals surface area contributed by atoms with Crippen LogP contribution >= 0.6 is 0 Å². The summed E-state index contributed by atoms with van der Waals surface area (Å²) in [5.74, 6) is 1.20. The summed E-state index contributed by atoms with van der Waals surface area (Å²) in [7, 11) is 0. The van der Waals surface area contributed by atoms with Crippen molar-refractivity contribution in [2.75, 3.05) is 18.8 Å². The van der Waals surface area contributed by atoms with Gasteiger partial charge in [0, 0.05) is 24.5 Å². The summed E-state index contributed by atoms with van der Waals surface area (Å²) in [6.07, 6.45) is 8.04. The lowest BCUT2D eigenvalue weighted by molar-refractivity contribution is 0.205. The molecule has 36 heavy (non-hydrogen) atoms. The molecule has 1 aliphatic rings. The fraction of sp³-hybridized carbons (Fsp3) is 0.345. The summed E-state index contributed by atoms with van der Waals surface area (Å²) in [4.78, 5) is 16.8. The summed E-state index contributed by atoms with van der Waals surface area (Å²) in [5, 5.41) is 0. The van der Waals surface area contributed by atoms with Gasteiger partial charge in [-0.25, -0.2) is 15.0 Å². The summed E-state index contributed by atoms with van der Waals surface area (Å²) < 4.78 is 2.11. The van der Waals surface area contributed by atoms with Crippen molar-refractivity contribution in [3.8, 4) is 17.1 Å². The van der Waals surface area contributed by atoms with Crippen LogP contribution in [0.3, 0.4) is 0 Å². The molecule has 0 radical (unpaired) electrons. The van der Waals surface area contributed by atoms with Crippen molar-refractivity contribution in [1.82, 2.24) is 24.4 Å². The van der Waals surface area contributed by atoms with Crippen molar-refractivity contribution in [1.29, 1.82) is 0 Å². The Bertz CT molecular complexity index is 1360. The molecule has 0 spiro atoms. The molecule has 4 heterocycles. The topological polar surface area (TPSA) is 98.9 Å². The Hall–Kier alpha value is -3.55. The Morgan fingerprint density at radius 1 is 1.06 bits per heavy atom. The lowest BCUT2D eigenvalue weighted by Crippen LogP contribution is -2.39. The maximum atomic E-state index is 6.29. The van der Waals surface area contributed by atoms with Crippen LogP contribution in [0.25, 0.3) is 33.8 Å². The van der Waals surface area contributed by atoms with E-state index in [1.165, 1.54) is 11.1 Å². The number of likely N-dealkylation sites (tertiary alicyclic amines) is 1. The van der Waals surface area contributed by atoms with Gasteiger partial charge in [0.25, 0.3) is 0 Å². The van der Waals surface area contributed by atoms with Crippen LogP contribution in [0.5, 0.6) is 0 Å². The molecule has 0 saturated carbocycles. The van der Waals surface area contributed by atoms with E-state index >= 15 is 0 Å². The number of nitrogens with zero attached hydrogens (tertiary/aromatic N) is 5. The normalized spacial score (nSPS) is 15.6. The Balaban J connectivity index is 1.58. The molecular formula is C29H35N7. The number of benzene rings is 1. The zero-order chi connectivity index (χ0) is 25.1. The first-order valence-corrected chi connectivity index (χ1v) is 12.9. The zero-order valence-electron chi connectivity index (χ0n) is 21.2. The third kappa shape index (κ3) is 4.90. The van der Waals surface area contributed by atoms with Crippen LogP contribution in [0.4, 0.5) is 5.82 Å². The van der Waals surface area contributed by atoms with Crippen LogP contribution in [0, 0.1) is 0 Å². The molecule has 0 unspecified atom stereocenters. The van der Waals surface area contributed by atoms with E-state index in [0.717, 1.165) is 79.3 Å². The van der Waals surface area contributed by atoms with E-state index < -0.39 is 0 Å². The maximum absolute atomic E-state index is 6.29. The number of allylic oxidation sites excluding steroid dienone is 2. The quantitative estimate of drug-likeness (QED) is 0.377. The number of imidazole rings is 1. The Kier molecular flexibility index (Phi) is 7.11. The molecule has 0 bridgehead atoms. The summed E-state index contributed by atoms with van der Waals surface area (Å²) in [6, 6.07) is 17.0. The fourth-order valence-corrected chi connectivity index (χ4v) is 4.98. The molecule has 3 aromatic heterocycles. The van der Waals surface area contributed by atoms with Gasteiger partial charge in [0.05, 0.1) is 11.3 Å². The lowest BCUT2D eigenvalue weighted by atomic mass is 10.1. The first-order chi connectivity index (χ1) is 17.6. The van der Waals surface area contributed by atoms with E-state index in [2.05, 4.69) is 70.8 Å². The highest BCUT2D eigenvalue weighted by molar-refractivity contribution is 5.84. The van der Waals surface area contributed by atoms with Crippen molar-refractivity contribution in [2.45, 2.75) is 52.1 Å². The number of hydrogen-bond donors (Lipinski definition) is 2. The minimum Gasteiger partial charge on any atom is -0.383 e. The number of rotatable bonds is 7. The van der Waals surface area contributed by atoms with E-state index in [4.69, 9.17) is 21.4 Å². The standard InChI is InChI=1S/C29H35N7/c1-3-6-21(4-2)25-12-13-26-29(33-25)36(28(34-26)24-7-5-16-32-27(24)31)23-10-8-20(9-11-23)19-35-17-14-22(30)15-18-35/h4-5,7-13,16,22H,3,6,14-15,17-19,30H2,1-2H3,(H2,31,32)/b21-4+. The number of pyridine rings is 2. The van der Waals surface area contributed by atoms with Crippen LogP contribution < -0.4 is 11.5 Å². The molecule has 5 rings (SSSR count). The van der Waals surface area contributed by atoms with E-state index in [1.807, 2.05) is 12.1 Å². The van der Waals surface area contributed by atoms with Gasteiger partial charge in [0.15, 0.2) is 11.5 Å². The molecule has 4 aromatic rings. The molecule has 1 saturated heterocycles. The highest BCUT2D eigenvalue weighted by Gasteiger charge is 2.20. The minimum atomic E-state index is 0.342. The number of nitrogens with two attached hydrogens (primary N) is 2. The van der Waals surface area contributed by atoms with Crippen molar-refractivity contribution in [3.63, 3.8) is 0 Å². The van der Waals surface area contributed by atoms with Crippen LogP contribution in [-0.2, 0) is 6.54 Å². The predicted octanol–water partition coefficient (Wildman–Crippen LogP) is 5.19. The second-order valence-electron chi connectivity index (χ2n) is 9.59. The van der Waals surface area contributed by atoms with Gasteiger partial charge in [-0.3, -0.25) is 9.47 Å². The van der Waals surface area contributed by atoms with E-state index in [1.54, 1.807) is 6.20 Å².